The van der Waals surface area contributed by atoms with Crippen molar-refractivity contribution in [2.75, 3.05) is 13.2 Å². The number of para-hydroxylation sites is 1. The summed E-state index contributed by atoms with van der Waals surface area (Å²) in [5, 5.41) is 11.7. The maximum atomic E-state index is 12.3. The number of ether oxygens (including phenoxy) is 2. The molecule has 2 rings (SSSR count). The topological polar surface area (TPSA) is 77.8 Å². The number of hydrogen-bond acceptors (Lipinski definition) is 5. The van der Waals surface area contributed by atoms with Crippen LogP contribution in [0.2, 0.25) is 0 Å². The van der Waals surface area contributed by atoms with Gasteiger partial charge in [-0.15, -0.1) is 0 Å². The lowest BCUT2D eigenvalue weighted by molar-refractivity contribution is -0.178. The second-order valence-corrected chi connectivity index (χ2v) is 5.69. The van der Waals surface area contributed by atoms with Gasteiger partial charge in [0.1, 0.15) is 0 Å². The van der Waals surface area contributed by atoms with Crippen molar-refractivity contribution in [1.29, 1.82) is 0 Å². The number of benzene rings is 1. The van der Waals surface area contributed by atoms with Crippen molar-refractivity contribution >= 4 is 28.9 Å². The highest BCUT2D eigenvalue weighted by Gasteiger charge is 2.49. The molecule has 1 aromatic carbocycles. The van der Waals surface area contributed by atoms with Gasteiger partial charge in [0.25, 0.3) is 5.60 Å². The van der Waals surface area contributed by atoms with E-state index in [0.29, 0.717) is 0 Å². The first kappa shape index (κ1) is 18.7. The molecule has 0 bridgehead atoms. The number of fused-ring (bicyclic) bond motifs is 1. The zero-order valence-electron chi connectivity index (χ0n) is 14.9. The molecule has 0 atom stereocenters. The van der Waals surface area contributed by atoms with Crippen LogP contribution in [-0.2, 0) is 26.1 Å². The van der Waals surface area contributed by atoms with Crippen molar-refractivity contribution in [2.24, 2.45) is 7.05 Å². The Kier molecular flexibility index (Phi) is 5.64. The highest BCUT2D eigenvalue weighted by molar-refractivity contribution is 6.08. The Labute approximate surface area is 146 Å². The van der Waals surface area contributed by atoms with E-state index in [1.807, 2.05) is 42.1 Å². The zero-order valence-corrected chi connectivity index (χ0v) is 14.9. The molecule has 1 N–H and O–H groups in total. The molecule has 25 heavy (non-hydrogen) atoms. The number of hydrogen-bond donors (Lipinski definition) is 1. The Morgan fingerprint density at radius 2 is 1.72 bits per heavy atom. The SMILES string of the molecule is CCOC(=O)C(O)(C(=O)OCC)/C(C)=C\c1cn(C)c2ccccc12. The van der Waals surface area contributed by atoms with Crippen LogP contribution in [0.3, 0.4) is 0 Å². The minimum atomic E-state index is -2.47. The van der Waals surface area contributed by atoms with Crippen molar-refractivity contribution in [3.8, 4) is 0 Å². The highest BCUT2D eigenvalue weighted by atomic mass is 16.6. The van der Waals surface area contributed by atoms with E-state index < -0.39 is 17.5 Å². The fourth-order valence-corrected chi connectivity index (χ4v) is 2.70. The second-order valence-electron chi connectivity index (χ2n) is 5.69. The third-order valence-corrected chi connectivity index (χ3v) is 4.01. The molecular weight excluding hydrogens is 322 g/mol. The standard InChI is InChI=1S/C19H23NO5/c1-5-24-17(21)19(23,18(22)25-6-2)13(3)11-14-12-20(4)16-10-8-7-9-15(14)16/h7-12,23H,5-6H2,1-4H3/b13-11-. The zero-order chi connectivity index (χ0) is 18.6. The van der Waals surface area contributed by atoms with Crippen LogP contribution in [0.1, 0.15) is 26.3 Å². The molecule has 0 unspecified atom stereocenters. The predicted molar refractivity (Wildman–Crippen MR) is 94.8 cm³/mol. The third kappa shape index (κ3) is 3.44. The molecule has 0 amide bonds. The van der Waals surface area contributed by atoms with Crippen molar-refractivity contribution in [3.05, 3.63) is 41.6 Å². The van der Waals surface area contributed by atoms with Gasteiger partial charge in [0, 0.05) is 29.7 Å². The molecular formula is C19H23NO5. The number of esters is 2. The van der Waals surface area contributed by atoms with E-state index in [0.717, 1.165) is 16.5 Å². The Balaban J connectivity index is 2.54. The predicted octanol–water partition coefficient (Wildman–Crippen LogP) is 2.44. The van der Waals surface area contributed by atoms with E-state index >= 15 is 0 Å². The number of nitrogens with zero attached hydrogens (tertiary/aromatic N) is 1. The van der Waals surface area contributed by atoms with Crippen LogP contribution in [0.4, 0.5) is 0 Å². The number of carbonyl (C=O) groups is 2. The first-order valence-electron chi connectivity index (χ1n) is 8.15. The Bertz CT molecular complexity index is 800. The summed E-state index contributed by atoms with van der Waals surface area (Å²) >= 11 is 0. The second kappa shape index (κ2) is 7.53. The summed E-state index contributed by atoms with van der Waals surface area (Å²) in [7, 11) is 1.90. The van der Waals surface area contributed by atoms with Crippen LogP contribution in [-0.4, -0.2) is 40.4 Å². The van der Waals surface area contributed by atoms with Crippen molar-refractivity contribution in [1.82, 2.24) is 4.57 Å². The van der Waals surface area contributed by atoms with Crippen LogP contribution in [0.15, 0.2) is 36.0 Å². The van der Waals surface area contributed by atoms with E-state index in [-0.39, 0.29) is 18.8 Å². The molecule has 6 nitrogen and oxygen atoms in total. The lowest BCUT2D eigenvalue weighted by atomic mass is 9.93. The van der Waals surface area contributed by atoms with Gasteiger partial charge >= 0.3 is 11.9 Å². The van der Waals surface area contributed by atoms with E-state index in [4.69, 9.17) is 9.47 Å². The van der Waals surface area contributed by atoms with Gasteiger partial charge in [-0.2, -0.15) is 0 Å². The number of aryl methyl sites for hydroxylation is 1. The minimum Gasteiger partial charge on any atom is -0.463 e. The highest BCUT2D eigenvalue weighted by Crippen LogP contribution is 2.27. The summed E-state index contributed by atoms with van der Waals surface area (Å²) in [4.78, 5) is 24.5. The van der Waals surface area contributed by atoms with Crippen LogP contribution in [0.5, 0.6) is 0 Å². The molecule has 0 saturated heterocycles. The first-order valence-corrected chi connectivity index (χ1v) is 8.15. The summed E-state index contributed by atoms with van der Waals surface area (Å²) in [5.41, 5.74) is -0.552. The van der Waals surface area contributed by atoms with Gasteiger partial charge in [-0.05, 0) is 38.5 Å². The summed E-state index contributed by atoms with van der Waals surface area (Å²) in [6.07, 6.45) is 3.47. The molecule has 0 saturated carbocycles. The summed E-state index contributed by atoms with van der Waals surface area (Å²) in [6.45, 7) is 4.81. The third-order valence-electron chi connectivity index (χ3n) is 4.01. The fraction of sp³-hybridized carbons (Fsp3) is 0.368. The summed E-state index contributed by atoms with van der Waals surface area (Å²) < 4.78 is 11.7. The van der Waals surface area contributed by atoms with Crippen LogP contribution in [0.25, 0.3) is 17.0 Å². The van der Waals surface area contributed by atoms with Crippen LogP contribution >= 0.6 is 0 Å². The molecule has 0 aliphatic heterocycles. The molecule has 1 heterocycles. The smallest absolute Gasteiger partial charge is 0.354 e. The van der Waals surface area contributed by atoms with Crippen molar-refractivity contribution in [2.45, 2.75) is 26.4 Å². The van der Waals surface area contributed by atoms with E-state index in [9.17, 15) is 14.7 Å². The quantitative estimate of drug-likeness (QED) is 0.643. The Hall–Kier alpha value is -2.60. The molecule has 134 valence electrons. The van der Waals surface area contributed by atoms with Gasteiger partial charge in [0.05, 0.1) is 13.2 Å². The van der Waals surface area contributed by atoms with Crippen molar-refractivity contribution < 1.29 is 24.2 Å². The number of carbonyl (C=O) groups excluding carboxylic acids is 2. The monoisotopic (exact) mass is 345 g/mol. The molecule has 2 aromatic rings. The van der Waals surface area contributed by atoms with E-state index in [1.54, 1.807) is 19.9 Å². The molecule has 1 aromatic heterocycles. The van der Waals surface area contributed by atoms with Crippen LogP contribution < -0.4 is 0 Å². The molecule has 0 aliphatic rings. The van der Waals surface area contributed by atoms with Gasteiger partial charge < -0.3 is 19.1 Å². The number of aromatic nitrogens is 1. The van der Waals surface area contributed by atoms with Gasteiger partial charge in [-0.3, -0.25) is 0 Å². The molecule has 0 fully saturated rings. The maximum Gasteiger partial charge on any atom is 0.354 e. The largest absolute Gasteiger partial charge is 0.463 e. The first-order chi connectivity index (χ1) is 11.9. The summed E-state index contributed by atoms with van der Waals surface area (Å²) in [5.74, 6) is -2.08. The van der Waals surface area contributed by atoms with Gasteiger partial charge in [0.2, 0.25) is 0 Å². The average Bonchev–Trinajstić information content (AvgIpc) is 2.90. The molecule has 0 radical (unpaired) electrons. The fourth-order valence-electron chi connectivity index (χ4n) is 2.70. The number of aliphatic hydroxyl groups is 1. The van der Waals surface area contributed by atoms with E-state index in [2.05, 4.69) is 0 Å². The van der Waals surface area contributed by atoms with Gasteiger partial charge in [0.15, 0.2) is 0 Å². The molecule has 0 aliphatic carbocycles. The maximum absolute atomic E-state index is 12.3. The normalized spacial score (nSPS) is 12.3. The van der Waals surface area contributed by atoms with Crippen LogP contribution in [0, 0.1) is 0 Å². The van der Waals surface area contributed by atoms with Crippen molar-refractivity contribution in [3.63, 3.8) is 0 Å². The lowest BCUT2D eigenvalue weighted by Gasteiger charge is -2.24. The summed E-state index contributed by atoms with van der Waals surface area (Å²) in [6, 6.07) is 7.72. The number of rotatable bonds is 6. The van der Waals surface area contributed by atoms with E-state index in [1.165, 1.54) is 6.92 Å². The van der Waals surface area contributed by atoms with Gasteiger partial charge in [-0.25, -0.2) is 9.59 Å². The Morgan fingerprint density at radius 3 is 2.28 bits per heavy atom. The lowest BCUT2D eigenvalue weighted by Crippen LogP contribution is -2.50. The minimum absolute atomic E-state index is 0.0437. The Morgan fingerprint density at radius 1 is 1.16 bits per heavy atom. The molecule has 0 spiro atoms. The average molecular weight is 345 g/mol. The van der Waals surface area contributed by atoms with Gasteiger partial charge in [-0.1, -0.05) is 18.2 Å². The molecule has 6 heteroatoms.